The molecule has 0 radical (unpaired) electrons. The van der Waals surface area contributed by atoms with E-state index in [-0.39, 0.29) is 80.6 Å². The van der Waals surface area contributed by atoms with Gasteiger partial charge in [0.15, 0.2) is 22.8 Å². The number of nitrogens with zero attached hydrogens (tertiary/aromatic N) is 8. The Bertz CT molecular complexity index is 5060. The fourth-order valence-electron chi connectivity index (χ4n) is 24.8. The summed E-state index contributed by atoms with van der Waals surface area (Å²) < 4.78 is 63.3. The van der Waals surface area contributed by atoms with E-state index in [1.807, 2.05) is 24.3 Å². The number of carbonyl (C=O) groups is 4. The van der Waals surface area contributed by atoms with Gasteiger partial charge in [-0.05, 0) is 320 Å². The first kappa shape index (κ1) is 79.8. The predicted octanol–water partition coefficient (Wildman–Crippen LogP) is 19.1. The van der Waals surface area contributed by atoms with Gasteiger partial charge in [0.25, 0.3) is 23.6 Å². The number of halogens is 4. The van der Waals surface area contributed by atoms with Crippen molar-refractivity contribution in [3.8, 4) is 22.7 Å². The maximum atomic E-state index is 14.5. The Kier molecular flexibility index (Phi) is 21.3. The van der Waals surface area contributed by atoms with E-state index in [0.717, 1.165) is 185 Å². The molecule has 0 spiro atoms. The lowest BCUT2D eigenvalue weighted by molar-refractivity contribution is -0.0887. The first-order valence-electron chi connectivity index (χ1n) is 44.1. The molecule has 4 amide bonds. The molecule has 116 heavy (non-hydrogen) atoms. The van der Waals surface area contributed by atoms with Gasteiger partial charge in [0.1, 0.15) is 34.6 Å². The van der Waals surface area contributed by atoms with E-state index in [4.69, 9.17) is 5.10 Å². The normalized spacial score (nSPS) is 28.4. The van der Waals surface area contributed by atoms with E-state index in [9.17, 15) is 36.7 Å². The topological polar surface area (TPSA) is 188 Å². The summed E-state index contributed by atoms with van der Waals surface area (Å²) in [4.78, 5) is 52.9. The van der Waals surface area contributed by atoms with Crippen LogP contribution in [0.5, 0.6) is 0 Å². The zero-order valence-electron chi connectivity index (χ0n) is 69.9. The molecular formula is C96H120F4N12O4. The van der Waals surface area contributed by atoms with Crippen LogP contribution in [0.1, 0.15) is 285 Å². The smallest absolute Gasteiger partial charge is 0.272 e. The molecule has 4 N–H and O–H groups in total. The van der Waals surface area contributed by atoms with E-state index in [0.29, 0.717) is 80.0 Å². The molecule has 20 heteroatoms. The molecule has 10 unspecified atom stereocenters. The SMILES string of the molecule is CC1(C)C2CC(CNC(=O)c3nn(-c4cccc(F)c4)c4c3CCCC4)CC1C2.CC1(C)C2CC(CNC(=O)c3nn(-c4ccccc4F)c4c3CCCC4)CC1C2.CC12CCC(C1)C(C)(C)C2NC(=O)c1nn(-c2cccc(F)c2)c2c1CCCC2.CC12CCC(C1)C(C)(C)C2NC(=O)c1nn(-c2ccccc2F)c2c1CCCC2. The molecule has 616 valence electrons. The van der Waals surface area contributed by atoms with Crippen LogP contribution in [0.25, 0.3) is 22.7 Å². The number of para-hydroxylation sites is 2. The Labute approximate surface area is 682 Å². The third-order valence-corrected chi connectivity index (χ3v) is 31.9. The molecule has 8 aromatic rings. The van der Waals surface area contributed by atoms with Crippen molar-refractivity contribution in [2.24, 2.45) is 79.8 Å². The Morgan fingerprint density at radius 2 is 0.690 bits per heavy atom. The molecule has 14 aliphatic carbocycles. The van der Waals surface area contributed by atoms with E-state index >= 15 is 0 Å². The molecular weight excluding hydrogens is 1460 g/mol. The van der Waals surface area contributed by atoms with Crippen LogP contribution in [0.3, 0.4) is 0 Å². The number of amides is 4. The molecule has 0 saturated heterocycles. The van der Waals surface area contributed by atoms with Gasteiger partial charge in [-0.2, -0.15) is 20.4 Å². The highest BCUT2D eigenvalue weighted by Crippen LogP contribution is 2.65. The van der Waals surface area contributed by atoms with Crippen molar-refractivity contribution in [2.45, 2.75) is 261 Å². The number of fused-ring (bicyclic) bond motifs is 12. The van der Waals surface area contributed by atoms with Crippen molar-refractivity contribution in [1.82, 2.24) is 60.4 Å². The van der Waals surface area contributed by atoms with Gasteiger partial charge < -0.3 is 21.3 Å². The number of rotatable bonds is 14. The van der Waals surface area contributed by atoms with Gasteiger partial charge in [-0.3, -0.25) is 19.2 Å². The third-order valence-electron chi connectivity index (χ3n) is 31.9. The van der Waals surface area contributed by atoms with Crippen molar-refractivity contribution in [1.29, 1.82) is 0 Å². The summed E-state index contributed by atoms with van der Waals surface area (Å²) in [5.74, 6) is 4.20. The van der Waals surface area contributed by atoms with Gasteiger partial charge in [0, 0.05) is 70.2 Å². The molecule has 10 atom stereocenters. The minimum absolute atomic E-state index is 0.0647. The lowest BCUT2D eigenvalue weighted by Gasteiger charge is -2.59. The first-order chi connectivity index (χ1) is 55.5. The molecule has 10 saturated carbocycles. The monoisotopic (exact) mass is 1580 g/mol. The number of benzene rings is 4. The zero-order valence-corrected chi connectivity index (χ0v) is 69.9. The minimum atomic E-state index is -0.308. The molecule has 4 heterocycles. The average Bonchev–Trinajstić information content (AvgIpc) is 1.58. The van der Waals surface area contributed by atoms with Crippen LogP contribution in [0.15, 0.2) is 97.1 Å². The Morgan fingerprint density at radius 1 is 0.371 bits per heavy atom. The summed E-state index contributed by atoms with van der Waals surface area (Å²) in [6.07, 6.45) is 30.2. The minimum Gasteiger partial charge on any atom is -0.350 e. The quantitative estimate of drug-likeness (QED) is 0.0774. The Hall–Kier alpha value is -8.68. The highest BCUT2D eigenvalue weighted by molar-refractivity contribution is 5.96. The number of aromatic nitrogens is 8. The molecule has 0 aliphatic heterocycles. The molecule has 10 fully saturated rings. The summed E-state index contributed by atoms with van der Waals surface area (Å²) in [5.41, 5.74) is 14.0. The van der Waals surface area contributed by atoms with Gasteiger partial charge in [-0.25, -0.2) is 36.3 Å². The molecule has 22 rings (SSSR count). The summed E-state index contributed by atoms with van der Waals surface area (Å²) in [7, 11) is 0. The molecule has 14 aliphatic rings. The van der Waals surface area contributed by atoms with Crippen molar-refractivity contribution in [3.05, 3.63) is 188 Å². The van der Waals surface area contributed by atoms with E-state index in [2.05, 4.69) is 106 Å². The number of hydrogen-bond acceptors (Lipinski definition) is 8. The highest BCUT2D eigenvalue weighted by Gasteiger charge is 2.62. The van der Waals surface area contributed by atoms with Gasteiger partial charge in [-0.1, -0.05) is 106 Å². The van der Waals surface area contributed by atoms with Crippen LogP contribution >= 0.6 is 0 Å². The van der Waals surface area contributed by atoms with Crippen LogP contribution in [0.4, 0.5) is 17.6 Å². The highest BCUT2D eigenvalue weighted by atomic mass is 19.1. The van der Waals surface area contributed by atoms with Crippen molar-refractivity contribution in [2.75, 3.05) is 13.1 Å². The van der Waals surface area contributed by atoms with Crippen LogP contribution < -0.4 is 21.3 Å². The average molecular weight is 1580 g/mol. The molecule has 8 bridgehead atoms. The maximum absolute atomic E-state index is 14.5. The van der Waals surface area contributed by atoms with E-state index in [1.165, 1.54) is 113 Å². The van der Waals surface area contributed by atoms with Gasteiger partial charge >= 0.3 is 0 Å². The second kappa shape index (κ2) is 30.9. The third kappa shape index (κ3) is 14.5. The standard InChI is InChI=1S/4C24H30FN3O/c1-23(2)15-12-13-24(3,14-15)22(23)26-21(29)20-16-8-4-6-10-18(16)28(27-20)19-11-7-5-9-17(19)25;1-23(2)15-11-12-24(3,14-15)22(23)26-21(29)20-18-9-4-5-10-19(18)28(27-20)17-8-6-7-16(25)13-17;1-24(2)16-11-15(12-17(24)13-16)14-26-23(29)22-18-7-3-5-9-20(18)28(27-22)21-10-6-4-8-19(21)25;1-24(2)16-10-15(11-17(24)12-16)14-26-23(29)22-20-8-3-4-9-21(20)28(27-22)19-7-5-6-18(25)13-19/h5,7,9,11,15,22H,4,6,8,10,12-14H2,1-3H3,(H,26,29);6-8,13,15,22H,4-5,9-12,14H2,1-3H3,(H,26,29);4,6,8,10,15-17H,3,5,7,9,11-14H2,1-2H3,(H,26,29);5-7,13,15-17H,3-4,8-12,14H2,1-2H3,(H,26,29). The Balaban J connectivity index is 0.000000111. The lowest BCUT2D eigenvalue weighted by Crippen LogP contribution is -2.52. The predicted molar refractivity (Wildman–Crippen MR) is 442 cm³/mol. The first-order valence-corrected chi connectivity index (χ1v) is 44.1. The fourth-order valence-corrected chi connectivity index (χ4v) is 24.8. The van der Waals surface area contributed by atoms with Crippen LogP contribution in [-0.2, 0) is 51.4 Å². The lowest BCUT2D eigenvalue weighted by atomic mass is 9.47. The zero-order chi connectivity index (χ0) is 81.1. The molecule has 4 aromatic heterocycles. The van der Waals surface area contributed by atoms with Gasteiger partial charge in [0.2, 0.25) is 0 Å². The van der Waals surface area contributed by atoms with Crippen LogP contribution in [0.2, 0.25) is 0 Å². The largest absolute Gasteiger partial charge is 0.350 e. The molecule has 16 nitrogen and oxygen atoms in total. The van der Waals surface area contributed by atoms with Crippen molar-refractivity contribution in [3.63, 3.8) is 0 Å². The van der Waals surface area contributed by atoms with Crippen molar-refractivity contribution < 1.29 is 36.7 Å². The summed E-state index contributed by atoms with van der Waals surface area (Å²) in [6.45, 7) is 24.9. The van der Waals surface area contributed by atoms with Gasteiger partial charge in [-0.15, -0.1) is 0 Å². The fraction of sp³-hybridized carbons (Fsp3) is 0.583. The maximum Gasteiger partial charge on any atom is 0.272 e. The van der Waals surface area contributed by atoms with Crippen molar-refractivity contribution >= 4 is 23.6 Å². The second-order valence-electron chi connectivity index (χ2n) is 40.1. The number of carbonyl (C=O) groups excluding carboxylic acids is 4. The number of nitrogens with one attached hydrogen (secondary N) is 4. The van der Waals surface area contributed by atoms with E-state index in [1.54, 1.807) is 55.1 Å². The summed E-state index contributed by atoms with van der Waals surface area (Å²) >= 11 is 0. The second-order valence-corrected chi connectivity index (χ2v) is 40.1. The number of hydrogen-bond donors (Lipinski definition) is 4. The Morgan fingerprint density at radius 3 is 1.01 bits per heavy atom. The summed E-state index contributed by atoms with van der Waals surface area (Å²) in [6, 6.07) is 26.6. The summed E-state index contributed by atoms with van der Waals surface area (Å²) in [5, 5.41) is 31.7. The van der Waals surface area contributed by atoms with E-state index < -0.39 is 0 Å². The van der Waals surface area contributed by atoms with Crippen LogP contribution in [0, 0.1) is 103 Å². The van der Waals surface area contributed by atoms with Crippen LogP contribution in [-0.4, -0.2) is 87.9 Å². The molecule has 4 aromatic carbocycles. The van der Waals surface area contributed by atoms with Gasteiger partial charge in [0.05, 0.1) is 11.4 Å².